The van der Waals surface area contributed by atoms with E-state index < -0.39 is 42.4 Å². The Hall–Kier alpha value is -3.30. The lowest BCUT2D eigenvalue weighted by Gasteiger charge is -2.18. The van der Waals surface area contributed by atoms with Crippen molar-refractivity contribution < 1.29 is 39.2 Å². The minimum atomic E-state index is -1.46. The van der Waals surface area contributed by atoms with Crippen LogP contribution >= 0.6 is 0 Å². The molecule has 0 aromatic heterocycles. The second kappa shape index (κ2) is 9.11. The molecule has 0 aliphatic heterocycles. The van der Waals surface area contributed by atoms with Gasteiger partial charge in [-0.15, -0.1) is 0 Å². The van der Waals surface area contributed by atoms with Crippen LogP contribution in [0.1, 0.15) is 24.4 Å². The predicted octanol–water partition coefficient (Wildman–Crippen LogP) is 0.438. The topological polar surface area (TPSA) is 162 Å². The summed E-state index contributed by atoms with van der Waals surface area (Å²) in [5.41, 5.74) is 0.251. The van der Waals surface area contributed by atoms with Crippen LogP contribution in [0.25, 0.3) is 0 Å². The largest absolute Gasteiger partial charge is 0.497 e. The minimum Gasteiger partial charge on any atom is -0.497 e. The van der Waals surface area contributed by atoms with Gasteiger partial charge in [-0.25, -0.2) is 14.4 Å². The fraction of sp³-hybridized carbons (Fsp3) is 0.333. The summed E-state index contributed by atoms with van der Waals surface area (Å²) in [7, 11) is 1.44. The predicted molar refractivity (Wildman–Crippen MR) is 83.3 cm³/mol. The number of methoxy groups -OCH3 is 1. The number of carbonyl (C=O) groups excluding carboxylic acids is 1. The summed E-state index contributed by atoms with van der Waals surface area (Å²) in [6.07, 6.45) is -0.795. The number of aliphatic carboxylic acids is 3. The van der Waals surface area contributed by atoms with E-state index in [4.69, 9.17) is 14.9 Å². The Kier molecular flexibility index (Phi) is 7.19. The van der Waals surface area contributed by atoms with Crippen molar-refractivity contribution in [3.63, 3.8) is 0 Å². The summed E-state index contributed by atoms with van der Waals surface area (Å²) in [6.45, 7) is 0. The van der Waals surface area contributed by atoms with Crippen molar-refractivity contribution in [2.24, 2.45) is 0 Å². The van der Waals surface area contributed by atoms with Gasteiger partial charge in [0.15, 0.2) is 6.04 Å². The molecule has 2 unspecified atom stereocenters. The molecule has 2 atom stereocenters. The van der Waals surface area contributed by atoms with E-state index in [1.807, 2.05) is 5.32 Å². The highest BCUT2D eigenvalue weighted by molar-refractivity contribution is 5.87. The SMILES string of the molecule is [11CH3]Oc1ccc(C(NC(=O)NC(CCC(=O)O)C(=O)O)C(=O)O)cc1. The number of carbonyl (C=O) groups is 4. The molecule has 0 saturated carbocycles. The molecule has 5 N–H and O–H groups in total. The maximum absolute atomic E-state index is 11.9. The Morgan fingerprint density at radius 1 is 1.00 bits per heavy atom. The number of benzene rings is 1. The molecule has 0 aliphatic carbocycles. The van der Waals surface area contributed by atoms with Gasteiger partial charge in [-0.1, -0.05) is 12.1 Å². The molecule has 1 aromatic rings. The molecular weight excluding hydrogens is 335 g/mol. The molecule has 0 radical (unpaired) electrons. The number of urea groups is 1. The van der Waals surface area contributed by atoms with E-state index >= 15 is 0 Å². The van der Waals surface area contributed by atoms with Crippen LogP contribution in [0.15, 0.2) is 24.3 Å². The molecule has 0 saturated heterocycles. The number of amides is 2. The molecule has 0 spiro atoms. The number of carboxylic acid groups (broad SMARTS) is 3. The zero-order chi connectivity index (χ0) is 19.0. The van der Waals surface area contributed by atoms with Crippen molar-refractivity contribution in [3.05, 3.63) is 29.8 Å². The smallest absolute Gasteiger partial charge is 0.330 e. The molecule has 10 heteroatoms. The van der Waals surface area contributed by atoms with Crippen molar-refractivity contribution in [3.8, 4) is 5.75 Å². The van der Waals surface area contributed by atoms with E-state index in [9.17, 15) is 24.3 Å². The van der Waals surface area contributed by atoms with Crippen molar-refractivity contribution in [2.45, 2.75) is 24.9 Å². The van der Waals surface area contributed by atoms with E-state index in [1.54, 1.807) is 0 Å². The molecule has 0 fully saturated rings. The molecule has 0 aliphatic rings. The van der Waals surface area contributed by atoms with Crippen LogP contribution in [0.2, 0.25) is 0 Å². The maximum Gasteiger partial charge on any atom is 0.330 e. The standard InChI is InChI=1S/C15H18N2O8/c1-25-9-4-2-8(3-5-9)12(14(22)23)17-15(24)16-10(13(20)21)6-7-11(18)19/h2-5,10,12H,6-7H2,1H3,(H,18,19)(H,20,21)(H,22,23)(H2,16,17,24)/i1-1. The normalized spacial score (nSPS) is 12.5. The third-order valence-electron chi connectivity index (χ3n) is 3.22. The van der Waals surface area contributed by atoms with Crippen molar-refractivity contribution in [1.82, 2.24) is 10.6 Å². The highest BCUT2D eigenvalue weighted by atomic mass is 16.4. The van der Waals surface area contributed by atoms with Crippen LogP contribution in [-0.2, 0) is 14.4 Å². The highest BCUT2D eigenvalue weighted by Gasteiger charge is 2.26. The van der Waals surface area contributed by atoms with Gasteiger partial charge in [-0.2, -0.15) is 0 Å². The number of rotatable bonds is 9. The zero-order valence-electron chi connectivity index (χ0n) is 13.3. The van der Waals surface area contributed by atoms with Crippen molar-refractivity contribution in [1.29, 1.82) is 0 Å². The van der Waals surface area contributed by atoms with Gasteiger partial charge >= 0.3 is 23.9 Å². The molecule has 1 aromatic carbocycles. The molecule has 1 rings (SSSR count). The Bertz CT molecular complexity index is 643. The van der Waals surface area contributed by atoms with Crippen LogP contribution < -0.4 is 15.4 Å². The number of carboxylic acids is 3. The second-order valence-electron chi connectivity index (χ2n) is 4.99. The lowest BCUT2D eigenvalue weighted by Crippen LogP contribution is -2.48. The zero-order valence-corrected chi connectivity index (χ0v) is 13.3. The van der Waals surface area contributed by atoms with Gasteiger partial charge in [-0.05, 0) is 24.1 Å². The van der Waals surface area contributed by atoms with Crippen LogP contribution in [0, 0.1) is 0 Å². The third-order valence-corrected chi connectivity index (χ3v) is 3.22. The third kappa shape index (κ3) is 6.37. The number of hydrogen-bond donors (Lipinski definition) is 5. The van der Waals surface area contributed by atoms with E-state index in [-0.39, 0.29) is 12.0 Å². The maximum atomic E-state index is 11.9. The van der Waals surface area contributed by atoms with E-state index in [0.717, 1.165) is 0 Å². The number of hydrogen-bond acceptors (Lipinski definition) is 5. The lowest BCUT2D eigenvalue weighted by molar-refractivity contribution is -0.140. The van der Waals surface area contributed by atoms with E-state index in [2.05, 4.69) is 5.32 Å². The van der Waals surface area contributed by atoms with E-state index in [1.165, 1.54) is 31.4 Å². The Morgan fingerprint density at radius 3 is 2.04 bits per heavy atom. The number of ether oxygens (including phenoxy) is 1. The quantitative estimate of drug-likeness (QED) is 0.427. The van der Waals surface area contributed by atoms with Gasteiger partial charge in [0.25, 0.3) is 0 Å². The first-order chi connectivity index (χ1) is 11.7. The summed E-state index contributed by atoms with van der Waals surface area (Å²) >= 11 is 0. The average molecular weight is 353 g/mol. The molecule has 2 amide bonds. The van der Waals surface area contributed by atoms with Gasteiger partial charge in [0.2, 0.25) is 0 Å². The molecule has 25 heavy (non-hydrogen) atoms. The van der Waals surface area contributed by atoms with Crippen LogP contribution in [0.3, 0.4) is 0 Å². The Balaban J connectivity index is 2.79. The summed E-state index contributed by atoms with van der Waals surface area (Å²) in [5, 5.41) is 31.0. The van der Waals surface area contributed by atoms with Crippen LogP contribution in [0.4, 0.5) is 4.79 Å². The Labute approximate surface area is 142 Å². The van der Waals surface area contributed by atoms with Gasteiger partial charge < -0.3 is 30.7 Å². The first-order valence-corrected chi connectivity index (χ1v) is 7.13. The minimum absolute atomic E-state index is 0.251. The number of nitrogens with one attached hydrogen (secondary N) is 2. The van der Waals surface area contributed by atoms with Gasteiger partial charge in [0.05, 0.1) is 7.11 Å². The monoisotopic (exact) mass is 353 g/mol. The van der Waals surface area contributed by atoms with Gasteiger partial charge in [-0.3, -0.25) is 4.79 Å². The van der Waals surface area contributed by atoms with Crippen LogP contribution in [0.5, 0.6) is 5.75 Å². The highest BCUT2D eigenvalue weighted by Crippen LogP contribution is 2.18. The summed E-state index contributed by atoms with van der Waals surface area (Å²) in [5.74, 6) is -3.49. The molecule has 0 bridgehead atoms. The van der Waals surface area contributed by atoms with Gasteiger partial charge in [0.1, 0.15) is 11.8 Å². The molecule has 0 heterocycles. The fourth-order valence-electron chi connectivity index (χ4n) is 1.94. The average Bonchev–Trinajstić information content (AvgIpc) is 2.55. The molecule has 136 valence electrons. The first kappa shape index (κ1) is 19.7. The second-order valence-corrected chi connectivity index (χ2v) is 4.99. The summed E-state index contributed by atoms with van der Waals surface area (Å²) in [6, 6.07) is 1.99. The van der Waals surface area contributed by atoms with E-state index in [0.29, 0.717) is 5.75 Å². The van der Waals surface area contributed by atoms with Gasteiger partial charge in [0, 0.05) is 6.42 Å². The van der Waals surface area contributed by atoms with Crippen molar-refractivity contribution in [2.75, 3.05) is 7.11 Å². The van der Waals surface area contributed by atoms with Crippen LogP contribution in [-0.4, -0.2) is 52.4 Å². The first-order valence-electron chi connectivity index (χ1n) is 7.13. The Morgan fingerprint density at radius 2 is 1.60 bits per heavy atom. The summed E-state index contributed by atoms with van der Waals surface area (Å²) < 4.78 is 4.96. The molecular formula is C15H18N2O8. The summed E-state index contributed by atoms with van der Waals surface area (Å²) in [4.78, 5) is 44.8. The fourth-order valence-corrected chi connectivity index (χ4v) is 1.94. The molecule has 10 nitrogen and oxygen atoms in total. The van der Waals surface area contributed by atoms with Crippen molar-refractivity contribution >= 4 is 23.9 Å². The lowest BCUT2D eigenvalue weighted by atomic mass is 10.1.